The molecule has 0 bridgehead atoms. The minimum absolute atomic E-state index is 0.0427. The van der Waals surface area contributed by atoms with Crippen molar-refractivity contribution >= 4 is 27.8 Å². The number of hydrogen-bond acceptors (Lipinski definition) is 2. The summed E-state index contributed by atoms with van der Waals surface area (Å²) in [7, 11) is 0. The number of urea groups is 1. The Kier molecular flexibility index (Phi) is 3.99. The van der Waals surface area contributed by atoms with Crippen molar-refractivity contribution in [2.24, 2.45) is 0 Å². The number of anilines is 1. The smallest absolute Gasteiger partial charge is 0.323 e. The number of pyridine rings is 1. The summed E-state index contributed by atoms with van der Waals surface area (Å²) in [5.74, 6) is 0.612. The highest BCUT2D eigenvalue weighted by atomic mass is 79.9. The number of amides is 2. The second-order valence-corrected chi connectivity index (χ2v) is 5.10. The zero-order valence-corrected chi connectivity index (χ0v) is 11.5. The monoisotopic (exact) mass is 297 g/mol. The number of rotatable bonds is 1. The fourth-order valence-corrected chi connectivity index (χ4v) is 2.12. The molecule has 0 atom stereocenters. The molecule has 1 aliphatic rings. The van der Waals surface area contributed by atoms with Crippen LogP contribution in [0.15, 0.2) is 16.6 Å². The van der Waals surface area contributed by atoms with Gasteiger partial charge in [0.25, 0.3) is 0 Å². The van der Waals surface area contributed by atoms with Crippen molar-refractivity contribution in [1.82, 2.24) is 9.88 Å². The van der Waals surface area contributed by atoms with Gasteiger partial charge >= 0.3 is 6.03 Å². The Morgan fingerprint density at radius 3 is 2.71 bits per heavy atom. The SMILES string of the molecule is Cc1nc(NC(=O)N2CCCCC2)ccc1Br. The molecule has 0 saturated carbocycles. The average Bonchev–Trinajstić information content (AvgIpc) is 2.35. The van der Waals surface area contributed by atoms with Gasteiger partial charge in [-0.2, -0.15) is 0 Å². The Hall–Kier alpha value is -1.10. The molecule has 1 aromatic heterocycles. The highest BCUT2D eigenvalue weighted by Crippen LogP contribution is 2.17. The van der Waals surface area contributed by atoms with Crippen molar-refractivity contribution < 1.29 is 4.79 Å². The van der Waals surface area contributed by atoms with E-state index in [1.165, 1.54) is 6.42 Å². The van der Waals surface area contributed by atoms with Gasteiger partial charge in [-0.25, -0.2) is 9.78 Å². The number of likely N-dealkylation sites (tertiary alicyclic amines) is 1. The molecule has 1 saturated heterocycles. The van der Waals surface area contributed by atoms with E-state index in [2.05, 4.69) is 26.2 Å². The first kappa shape index (κ1) is 12.4. The molecule has 2 heterocycles. The maximum Gasteiger partial charge on any atom is 0.323 e. The summed E-state index contributed by atoms with van der Waals surface area (Å²) < 4.78 is 0.952. The van der Waals surface area contributed by atoms with Gasteiger partial charge in [-0.15, -0.1) is 0 Å². The maximum absolute atomic E-state index is 11.9. The van der Waals surface area contributed by atoms with Gasteiger partial charge in [0, 0.05) is 17.6 Å². The van der Waals surface area contributed by atoms with E-state index in [0.717, 1.165) is 36.1 Å². The molecular formula is C12H16BrN3O. The lowest BCUT2D eigenvalue weighted by Gasteiger charge is -2.26. The van der Waals surface area contributed by atoms with Gasteiger partial charge in [-0.3, -0.25) is 5.32 Å². The number of carbonyl (C=O) groups is 1. The van der Waals surface area contributed by atoms with Crippen LogP contribution in [0.5, 0.6) is 0 Å². The molecule has 92 valence electrons. The van der Waals surface area contributed by atoms with Crippen molar-refractivity contribution in [3.05, 3.63) is 22.3 Å². The Bertz CT molecular complexity index is 416. The summed E-state index contributed by atoms with van der Waals surface area (Å²) in [4.78, 5) is 18.1. The minimum Gasteiger partial charge on any atom is -0.325 e. The number of aromatic nitrogens is 1. The van der Waals surface area contributed by atoms with E-state index in [4.69, 9.17) is 0 Å². The second-order valence-electron chi connectivity index (χ2n) is 4.24. The zero-order chi connectivity index (χ0) is 12.3. The Morgan fingerprint density at radius 1 is 1.35 bits per heavy atom. The zero-order valence-electron chi connectivity index (χ0n) is 9.87. The molecule has 0 aliphatic carbocycles. The lowest BCUT2D eigenvalue weighted by molar-refractivity contribution is 0.200. The Labute approximate surface area is 110 Å². The molecular weight excluding hydrogens is 282 g/mol. The first-order valence-corrected chi connectivity index (χ1v) is 6.65. The van der Waals surface area contributed by atoms with Crippen molar-refractivity contribution in [3.63, 3.8) is 0 Å². The van der Waals surface area contributed by atoms with Crippen LogP contribution in [0.25, 0.3) is 0 Å². The number of carbonyl (C=O) groups excluding carboxylic acids is 1. The van der Waals surface area contributed by atoms with Gasteiger partial charge in [0.15, 0.2) is 0 Å². The summed E-state index contributed by atoms with van der Waals surface area (Å²) in [5, 5.41) is 2.83. The van der Waals surface area contributed by atoms with E-state index >= 15 is 0 Å². The summed E-state index contributed by atoms with van der Waals surface area (Å²) in [6, 6.07) is 3.66. The standard InChI is InChI=1S/C12H16BrN3O/c1-9-10(13)5-6-11(14-9)15-12(17)16-7-3-2-4-8-16/h5-6H,2-4,7-8H2,1H3,(H,14,15,17). The molecule has 0 aromatic carbocycles. The van der Waals surface area contributed by atoms with E-state index in [1.807, 2.05) is 17.9 Å². The summed E-state index contributed by atoms with van der Waals surface area (Å²) in [5.41, 5.74) is 0.876. The minimum atomic E-state index is -0.0427. The molecule has 0 spiro atoms. The third-order valence-corrected chi connectivity index (χ3v) is 3.74. The number of piperidine rings is 1. The number of nitrogens with one attached hydrogen (secondary N) is 1. The Balaban J connectivity index is 1.99. The number of nitrogens with zero attached hydrogens (tertiary/aromatic N) is 2. The number of hydrogen-bond donors (Lipinski definition) is 1. The second kappa shape index (κ2) is 5.49. The van der Waals surface area contributed by atoms with E-state index in [-0.39, 0.29) is 6.03 Å². The van der Waals surface area contributed by atoms with Gasteiger partial charge in [-0.05, 0) is 54.2 Å². The molecule has 0 unspecified atom stereocenters. The number of halogens is 1. The molecule has 1 fully saturated rings. The van der Waals surface area contributed by atoms with Crippen LogP contribution in [0.2, 0.25) is 0 Å². The highest BCUT2D eigenvalue weighted by molar-refractivity contribution is 9.10. The fraction of sp³-hybridized carbons (Fsp3) is 0.500. The van der Waals surface area contributed by atoms with Crippen LogP contribution < -0.4 is 5.32 Å². The molecule has 2 rings (SSSR count). The average molecular weight is 298 g/mol. The lowest BCUT2D eigenvalue weighted by Crippen LogP contribution is -2.38. The Morgan fingerprint density at radius 2 is 2.06 bits per heavy atom. The summed E-state index contributed by atoms with van der Waals surface area (Å²) in [6.07, 6.45) is 3.42. The molecule has 17 heavy (non-hydrogen) atoms. The predicted molar refractivity (Wildman–Crippen MR) is 71.1 cm³/mol. The quantitative estimate of drug-likeness (QED) is 0.865. The van der Waals surface area contributed by atoms with Crippen LogP contribution in [0.3, 0.4) is 0 Å². The molecule has 4 nitrogen and oxygen atoms in total. The number of aryl methyl sites for hydroxylation is 1. The maximum atomic E-state index is 11.9. The topological polar surface area (TPSA) is 45.2 Å². The van der Waals surface area contributed by atoms with Gasteiger partial charge in [0.2, 0.25) is 0 Å². The van der Waals surface area contributed by atoms with Gasteiger partial charge in [-0.1, -0.05) is 0 Å². The summed E-state index contributed by atoms with van der Waals surface area (Å²) >= 11 is 3.39. The van der Waals surface area contributed by atoms with Gasteiger partial charge in [0.05, 0.1) is 5.69 Å². The van der Waals surface area contributed by atoms with Crippen molar-refractivity contribution in [1.29, 1.82) is 0 Å². The molecule has 2 amide bonds. The summed E-state index contributed by atoms with van der Waals surface area (Å²) in [6.45, 7) is 3.60. The predicted octanol–water partition coefficient (Wildman–Crippen LogP) is 3.17. The third kappa shape index (κ3) is 3.19. The van der Waals surface area contributed by atoms with Crippen LogP contribution in [0.4, 0.5) is 10.6 Å². The third-order valence-electron chi connectivity index (χ3n) is 2.90. The van der Waals surface area contributed by atoms with Crippen LogP contribution in [-0.4, -0.2) is 29.0 Å². The lowest BCUT2D eigenvalue weighted by atomic mass is 10.1. The fourth-order valence-electron chi connectivity index (χ4n) is 1.90. The normalized spacial score (nSPS) is 15.8. The molecule has 1 aromatic rings. The van der Waals surface area contributed by atoms with Crippen molar-refractivity contribution in [3.8, 4) is 0 Å². The van der Waals surface area contributed by atoms with Crippen molar-refractivity contribution in [2.45, 2.75) is 26.2 Å². The first-order valence-electron chi connectivity index (χ1n) is 5.86. The van der Waals surface area contributed by atoms with Gasteiger partial charge < -0.3 is 4.90 Å². The van der Waals surface area contributed by atoms with Crippen LogP contribution in [-0.2, 0) is 0 Å². The largest absolute Gasteiger partial charge is 0.325 e. The van der Waals surface area contributed by atoms with E-state index in [9.17, 15) is 4.79 Å². The van der Waals surface area contributed by atoms with Crippen LogP contribution in [0.1, 0.15) is 25.0 Å². The van der Waals surface area contributed by atoms with Crippen molar-refractivity contribution in [2.75, 3.05) is 18.4 Å². The molecule has 1 N–H and O–H groups in total. The van der Waals surface area contributed by atoms with Crippen LogP contribution in [0, 0.1) is 6.92 Å². The van der Waals surface area contributed by atoms with Crippen LogP contribution >= 0.6 is 15.9 Å². The molecule has 5 heteroatoms. The molecule has 0 radical (unpaired) electrons. The van der Waals surface area contributed by atoms with E-state index in [1.54, 1.807) is 6.07 Å². The van der Waals surface area contributed by atoms with E-state index in [0.29, 0.717) is 5.82 Å². The van der Waals surface area contributed by atoms with Gasteiger partial charge in [0.1, 0.15) is 5.82 Å². The van der Waals surface area contributed by atoms with E-state index < -0.39 is 0 Å². The highest BCUT2D eigenvalue weighted by Gasteiger charge is 2.16. The first-order chi connectivity index (χ1) is 8.16. The molecule has 1 aliphatic heterocycles.